The van der Waals surface area contributed by atoms with E-state index in [1.807, 2.05) is 13.0 Å². The van der Waals surface area contributed by atoms with Gasteiger partial charge in [0.05, 0.1) is 18.7 Å². The number of carbonyl (C=O) groups excluding carboxylic acids is 2. The molecule has 0 unspecified atom stereocenters. The van der Waals surface area contributed by atoms with Crippen LogP contribution in [0.15, 0.2) is 42.5 Å². The maximum Gasteiger partial charge on any atom is 0.224 e. The molecular formula is C20H20N2O4. The Morgan fingerprint density at radius 1 is 1.12 bits per heavy atom. The highest BCUT2D eigenvalue weighted by Crippen LogP contribution is 2.28. The Hall–Kier alpha value is -3.33. The van der Waals surface area contributed by atoms with Gasteiger partial charge in [-0.05, 0) is 42.8 Å². The molecule has 0 aliphatic rings. The maximum absolute atomic E-state index is 12.3. The van der Waals surface area contributed by atoms with Crippen LogP contribution in [0.3, 0.4) is 0 Å². The van der Waals surface area contributed by atoms with Crippen LogP contribution in [0.2, 0.25) is 0 Å². The lowest BCUT2D eigenvalue weighted by Crippen LogP contribution is -2.13. The maximum atomic E-state index is 12.3. The van der Waals surface area contributed by atoms with E-state index in [2.05, 4.69) is 5.32 Å². The third-order valence-electron chi connectivity index (χ3n) is 3.62. The fraction of sp³-hybridized carbons (Fsp3) is 0.250. The van der Waals surface area contributed by atoms with Crippen molar-refractivity contribution in [3.8, 4) is 17.6 Å². The Balaban J connectivity index is 1.98. The van der Waals surface area contributed by atoms with Crippen LogP contribution in [-0.4, -0.2) is 25.4 Å². The predicted octanol–water partition coefficient (Wildman–Crippen LogP) is 3.57. The fourth-order valence-electron chi connectivity index (χ4n) is 2.27. The molecule has 26 heavy (non-hydrogen) atoms. The van der Waals surface area contributed by atoms with Crippen molar-refractivity contribution in [1.29, 1.82) is 5.26 Å². The van der Waals surface area contributed by atoms with Gasteiger partial charge in [0.1, 0.15) is 0 Å². The summed E-state index contributed by atoms with van der Waals surface area (Å²) >= 11 is 0. The van der Waals surface area contributed by atoms with Crippen LogP contribution >= 0.6 is 0 Å². The summed E-state index contributed by atoms with van der Waals surface area (Å²) in [4.78, 5) is 23.8. The quantitative estimate of drug-likeness (QED) is 0.734. The fourth-order valence-corrected chi connectivity index (χ4v) is 2.27. The molecule has 1 amide bonds. The van der Waals surface area contributed by atoms with E-state index in [0.717, 1.165) is 6.42 Å². The molecule has 0 radical (unpaired) electrons. The molecule has 0 saturated carbocycles. The molecule has 2 aromatic rings. The van der Waals surface area contributed by atoms with Crippen molar-refractivity contribution in [3.05, 3.63) is 53.6 Å². The zero-order chi connectivity index (χ0) is 18.9. The second kappa shape index (κ2) is 9.23. The number of anilines is 1. The van der Waals surface area contributed by atoms with Gasteiger partial charge in [0.15, 0.2) is 23.9 Å². The van der Waals surface area contributed by atoms with Gasteiger partial charge in [-0.1, -0.05) is 6.92 Å². The zero-order valence-corrected chi connectivity index (χ0v) is 14.7. The molecule has 1 N–H and O–H groups in total. The third-order valence-corrected chi connectivity index (χ3v) is 3.62. The molecule has 0 bridgehead atoms. The Kier molecular flexibility index (Phi) is 6.75. The number of ketones is 1. The van der Waals surface area contributed by atoms with Gasteiger partial charge in [-0.3, -0.25) is 9.59 Å². The first-order valence-corrected chi connectivity index (χ1v) is 8.21. The molecule has 0 aliphatic heterocycles. The average Bonchev–Trinajstić information content (AvgIpc) is 2.66. The van der Waals surface area contributed by atoms with Crippen molar-refractivity contribution in [2.75, 3.05) is 19.0 Å². The van der Waals surface area contributed by atoms with Gasteiger partial charge >= 0.3 is 0 Å². The van der Waals surface area contributed by atoms with Crippen molar-refractivity contribution >= 4 is 17.4 Å². The normalized spacial score (nSPS) is 9.88. The molecule has 0 atom stereocenters. The molecule has 0 heterocycles. The van der Waals surface area contributed by atoms with Crippen molar-refractivity contribution in [2.24, 2.45) is 0 Å². The molecule has 0 aliphatic carbocycles. The van der Waals surface area contributed by atoms with Gasteiger partial charge in [0.2, 0.25) is 5.91 Å². The number of carbonyl (C=O) groups is 2. The number of benzene rings is 2. The first-order valence-electron chi connectivity index (χ1n) is 8.21. The van der Waals surface area contributed by atoms with E-state index in [-0.39, 0.29) is 18.3 Å². The summed E-state index contributed by atoms with van der Waals surface area (Å²) in [5.74, 6) is 0.528. The van der Waals surface area contributed by atoms with E-state index in [4.69, 9.17) is 14.7 Å². The standard InChI is InChI=1S/C20H20N2O4/c1-3-4-20(24)22-16-8-6-15(7-9-16)17(23)13-26-18-10-5-14(12-21)11-19(18)25-2/h5-11H,3-4,13H2,1-2H3,(H,22,24). The van der Waals surface area contributed by atoms with Crippen LogP contribution in [0.25, 0.3) is 0 Å². The van der Waals surface area contributed by atoms with Gasteiger partial charge in [0.25, 0.3) is 0 Å². The minimum atomic E-state index is -0.206. The summed E-state index contributed by atoms with van der Waals surface area (Å²) in [6.07, 6.45) is 1.24. The van der Waals surface area contributed by atoms with Gasteiger partial charge < -0.3 is 14.8 Å². The lowest BCUT2D eigenvalue weighted by atomic mass is 10.1. The number of nitriles is 1. The number of methoxy groups -OCH3 is 1. The average molecular weight is 352 g/mol. The summed E-state index contributed by atoms with van der Waals surface area (Å²) in [5, 5.41) is 11.7. The van der Waals surface area contributed by atoms with Crippen LogP contribution < -0.4 is 14.8 Å². The number of nitrogens with zero attached hydrogens (tertiary/aromatic N) is 1. The number of hydrogen-bond donors (Lipinski definition) is 1. The molecule has 6 nitrogen and oxygen atoms in total. The monoisotopic (exact) mass is 352 g/mol. The van der Waals surface area contributed by atoms with Crippen LogP contribution in [0.4, 0.5) is 5.69 Å². The second-order valence-electron chi connectivity index (χ2n) is 5.56. The Bertz CT molecular complexity index is 823. The SMILES string of the molecule is CCCC(=O)Nc1ccc(C(=O)COc2ccc(C#N)cc2OC)cc1. The van der Waals surface area contributed by atoms with Crippen molar-refractivity contribution < 1.29 is 19.1 Å². The minimum absolute atomic E-state index is 0.0529. The highest BCUT2D eigenvalue weighted by molar-refractivity contribution is 5.98. The topological polar surface area (TPSA) is 88.4 Å². The lowest BCUT2D eigenvalue weighted by molar-refractivity contribution is -0.116. The number of Topliss-reactive ketones (excluding diaryl/α,β-unsaturated/α-hetero) is 1. The van der Waals surface area contributed by atoms with Crippen molar-refractivity contribution in [1.82, 2.24) is 0 Å². The highest BCUT2D eigenvalue weighted by atomic mass is 16.5. The number of hydrogen-bond acceptors (Lipinski definition) is 5. The summed E-state index contributed by atoms with van der Waals surface area (Å²) in [6.45, 7) is 1.77. The van der Waals surface area contributed by atoms with E-state index in [9.17, 15) is 9.59 Å². The molecule has 0 aromatic heterocycles. The zero-order valence-electron chi connectivity index (χ0n) is 14.7. The van der Waals surface area contributed by atoms with Gasteiger partial charge in [-0.25, -0.2) is 0 Å². The summed E-state index contributed by atoms with van der Waals surface area (Å²) in [7, 11) is 1.47. The first-order chi connectivity index (χ1) is 12.6. The van der Waals surface area contributed by atoms with Crippen molar-refractivity contribution in [3.63, 3.8) is 0 Å². The minimum Gasteiger partial charge on any atom is -0.493 e. The van der Waals surface area contributed by atoms with E-state index in [1.165, 1.54) is 7.11 Å². The molecule has 6 heteroatoms. The van der Waals surface area contributed by atoms with Crippen molar-refractivity contribution in [2.45, 2.75) is 19.8 Å². The Morgan fingerprint density at radius 3 is 2.46 bits per heavy atom. The predicted molar refractivity (Wildman–Crippen MR) is 97.5 cm³/mol. The molecule has 0 fully saturated rings. The second-order valence-corrected chi connectivity index (χ2v) is 5.56. The molecule has 2 rings (SSSR count). The van der Waals surface area contributed by atoms with Gasteiger partial charge in [-0.15, -0.1) is 0 Å². The van der Waals surface area contributed by atoms with Gasteiger partial charge in [-0.2, -0.15) is 5.26 Å². The Labute approximate surface area is 152 Å². The molecular weight excluding hydrogens is 332 g/mol. The number of rotatable bonds is 8. The first kappa shape index (κ1) is 19.0. The largest absolute Gasteiger partial charge is 0.493 e. The van der Waals surface area contributed by atoms with Crippen LogP contribution in [-0.2, 0) is 4.79 Å². The summed E-state index contributed by atoms with van der Waals surface area (Å²) in [6, 6.07) is 13.4. The molecule has 0 saturated heterocycles. The van der Waals surface area contributed by atoms with E-state index < -0.39 is 0 Å². The summed E-state index contributed by atoms with van der Waals surface area (Å²) < 4.78 is 10.7. The number of ether oxygens (including phenoxy) is 2. The molecule has 0 spiro atoms. The number of nitrogens with one attached hydrogen (secondary N) is 1. The van der Waals surface area contributed by atoms with Crippen LogP contribution in [0.5, 0.6) is 11.5 Å². The molecule has 2 aromatic carbocycles. The van der Waals surface area contributed by atoms with E-state index >= 15 is 0 Å². The number of amides is 1. The van der Waals surface area contributed by atoms with Gasteiger partial charge in [0, 0.05) is 23.7 Å². The summed E-state index contributed by atoms with van der Waals surface area (Å²) in [5.41, 5.74) is 1.57. The Morgan fingerprint density at radius 2 is 1.85 bits per heavy atom. The molecule has 134 valence electrons. The third kappa shape index (κ3) is 5.08. The highest BCUT2D eigenvalue weighted by Gasteiger charge is 2.11. The van der Waals surface area contributed by atoms with E-state index in [0.29, 0.717) is 34.7 Å². The lowest BCUT2D eigenvalue weighted by Gasteiger charge is -2.10. The van der Waals surface area contributed by atoms with Crippen LogP contribution in [0, 0.1) is 11.3 Å². The smallest absolute Gasteiger partial charge is 0.224 e. The van der Waals surface area contributed by atoms with Crippen LogP contribution in [0.1, 0.15) is 35.7 Å². The van der Waals surface area contributed by atoms with E-state index in [1.54, 1.807) is 42.5 Å².